The Kier molecular flexibility index (Phi) is 5.40. The van der Waals surface area contributed by atoms with Crippen molar-refractivity contribution in [3.8, 4) is 11.3 Å². The van der Waals surface area contributed by atoms with Gasteiger partial charge in [0.15, 0.2) is 5.17 Å². The minimum Gasteiger partial charge on any atom is -0.457 e. The number of nitro groups is 1. The molecule has 0 atom stereocenters. The molecule has 3 heterocycles. The van der Waals surface area contributed by atoms with Crippen molar-refractivity contribution in [1.29, 1.82) is 0 Å². The fourth-order valence-corrected chi connectivity index (χ4v) is 4.15. The Balaban J connectivity index is 1.43. The number of piperazine rings is 1. The van der Waals surface area contributed by atoms with E-state index in [1.54, 1.807) is 42.2 Å². The molecule has 1 fully saturated rings. The highest BCUT2D eigenvalue weighted by molar-refractivity contribution is 8.18. The normalized spacial score (nSPS) is 18.1. The first kappa shape index (κ1) is 19.9. The Morgan fingerprint density at radius 3 is 2.50 bits per heavy atom. The summed E-state index contributed by atoms with van der Waals surface area (Å²) in [5, 5.41) is 11.4. The minimum atomic E-state index is -0.456. The highest BCUT2D eigenvalue weighted by atomic mass is 32.2. The molecule has 2 amide bonds. The van der Waals surface area contributed by atoms with E-state index in [9.17, 15) is 19.7 Å². The van der Waals surface area contributed by atoms with Gasteiger partial charge in [0.25, 0.3) is 11.6 Å². The van der Waals surface area contributed by atoms with Crippen LogP contribution < -0.4 is 0 Å². The van der Waals surface area contributed by atoms with Gasteiger partial charge in [-0.3, -0.25) is 19.7 Å². The SMILES string of the molecule is CC(=O)N1CCN(C2=NC(=O)/C(=C/c3ccc(-c4ccc([N+](=O)[O-])cc4)o3)S2)CC1. The van der Waals surface area contributed by atoms with E-state index >= 15 is 0 Å². The highest BCUT2D eigenvalue weighted by Crippen LogP contribution is 2.32. The quantitative estimate of drug-likeness (QED) is 0.422. The molecule has 1 aromatic carbocycles. The minimum absolute atomic E-state index is 0.00872. The second kappa shape index (κ2) is 8.15. The fourth-order valence-electron chi connectivity index (χ4n) is 3.21. The van der Waals surface area contributed by atoms with Gasteiger partial charge in [0.1, 0.15) is 11.5 Å². The van der Waals surface area contributed by atoms with Crippen molar-refractivity contribution in [2.45, 2.75) is 6.92 Å². The summed E-state index contributed by atoms with van der Waals surface area (Å²) in [6.07, 6.45) is 1.64. The smallest absolute Gasteiger partial charge is 0.286 e. The number of aliphatic imine (C=N–C) groups is 1. The molecule has 1 saturated heterocycles. The lowest BCUT2D eigenvalue weighted by Crippen LogP contribution is -2.49. The molecule has 0 saturated carbocycles. The third-order valence-corrected chi connectivity index (χ3v) is 5.91. The predicted molar refractivity (Wildman–Crippen MR) is 113 cm³/mol. The van der Waals surface area contributed by atoms with Gasteiger partial charge in [0.05, 0.1) is 9.83 Å². The zero-order valence-corrected chi connectivity index (χ0v) is 16.9. The summed E-state index contributed by atoms with van der Waals surface area (Å²) in [6, 6.07) is 9.55. The van der Waals surface area contributed by atoms with E-state index in [0.717, 1.165) is 0 Å². The largest absolute Gasteiger partial charge is 0.457 e. The maximum atomic E-state index is 12.3. The van der Waals surface area contributed by atoms with E-state index < -0.39 is 4.92 Å². The second-order valence-corrected chi connectivity index (χ2v) is 7.82. The lowest BCUT2D eigenvalue weighted by Gasteiger charge is -2.34. The number of benzene rings is 1. The molecule has 0 unspecified atom stereocenters. The summed E-state index contributed by atoms with van der Waals surface area (Å²) in [5.41, 5.74) is 0.713. The van der Waals surface area contributed by atoms with Gasteiger partial charge in [-0.25, -0.2) is 0 Å². The van der Waals surface area contributed by atoms with Crippen LogP contribution in [0.1, 0.15) is 12.7 Å². The molecule has 10 heteroatoms. The van der Waals surface area contributed by atoms with Crippen LogP contribution in [0, 0.1) is 10.1 Å². The van der Waals surface area contributed by atoms with Crippen molar-refractivity contribution in [3.63, 3.8) is 0 Å². The molecule has 0 N–H and O–H groups in total. The first-order chi connectivity index (χ1) is 14.4. The van der Waals surface area contributed by atoms with Gasteiger partial charge in [-0.05, 0) is 36.0 Å². The summed E-state index contributed by atoms with van der Waals surface area (Å²) in [6.45, 7) is 4.04. The lowest BCUT2D eigenvalue weighted by molar-refractivity contribution is -0.384. The van der Waals surface area contributed by atoms with Crippen molar-refractivity contribution < 1.29 is 18.9 Å². The second-order valence-electron chi connectivity index (χ2n) is 6.81. The van der Waals surface area contributed by atoms with Crippen LogP contribution in [-0.4, -0.2) is 57.9 Å². The molecule has 2 aliphatic rings. The van der Waals surface area contributed by atoms with Crippen LogP contribution >= 0.6 is 11.8 Å². The molecule has 0 aliphatic carbocycles. The van der Waals surface area contributed by atoms with Crippen molar-refractivity contribution in [1.82, 2.24) is 9.80 Å². The number of amidine groups is 1. The summed E-state index contributed by atoms with van der Waals surface area (Å²) in [7, 11) is 0. The number of non-ortho nitro benzene ring substituents is 1. The summed E-state index contributed by atoms with van der Waals surface area (Å²) >= 11 is 1.29. The highest BCUT2D eigenvalue weighted by Gasteiger charge is 2.29. The zero-order chi connectivity index (χ0) is 21.3. The van der Waals surface area contributed by atoms with E-state index in [1.807, 2.05) is 4.90 Å². The average Bonchev–Trinajstić information content (AvgIpc) is 3.35. The van der Waals surface area contributed by atoms with Crippen molar-refractivity contribution >= 4 is 40.5 Å². The third kappa shape index (κ3) is 4.13. The third-order valence-electron chi connectivity index (χ3n) is 4.87. The predicted octanol–water partition coefficient (Wildman–Crippen LogP) is 2.99. The van der Waals surface area contributed by atoms with E-state index in [2.05, 4.69) is 4.99 Å². The number of amides is 2. The Hall–Kier alpha value is -3.40. The molecule has 0 radical (unpaired) electrons. The van der Waals surface area contributed by atoms with E-state index in [4.69, 9.17) is 4.42 Å². The number of hydrogen-bond acceptors (Lipinski definition) is 7. The van der Waals surface area contributed by atoms with E-state index in [1.165, 1.54) is 23.9 Å². The lowest BCUT2D eigenvalue weighted by atomic mass is 10.1. The number of nitro benzene ring substituents is 1. The van der Waals surface area contributed by atoms with Crippen LogP contribution in [-0.2, 0) is 9.59 Å². The Morgan fingerprint density at radius 2 is 1.87 bits per heavy atom. The Morgan fingerprint density at radius 1 is 1.17 bits per heavy atom. The molecule has 1 aromatic heterocycles. The van der Waals surface area contributed by atoms with Crippen LogP contribution in [0.2, 0.25) is 0 Å². The summed E-state index contributed by atoms with van der Waals surface area (Å²) < 4.78 is 5.78. The number of hydrogen-bond donors (Lipinski definition) is 0. The number of carbonyl (C=O) groups is 2. The zero-order valence-electron chi connectivity index (χ0n) is 16.1. The number of thioether (sulfide) groups is 1. The Labute approximate surface area is 176 Å². The Bertz CT molecular complexity index is 1070. The van der Waals surface area contributed by atoms with Crippen LogP contribution in [0.3, 0.4) is 0 Å². The number of furan rings is 1. The van der Waals surface area contributed by atoms with Gasteiger partial charge in [-0.15, -0.1) is 0 Å². The molecule has 0 spiro atoms. The standard InChI is InChI=1S/C20H18N4O5S/c1-13(25)22-8-10-23(11-9-22)20-21-19(26)18(30-20)12-16-6-7-17(29-16)14-2-4-15(5-3-14)24(27)28/h2-7,12H,8-11H2,1H3/b18-12-. The maximum absolute atomic E-state index is 12.3. The maximum Gasteiger partial charge on any atom is 0.286 e. The molecule has 9 nitrogen and oxygen atoms in total. The van der Waals surface area contributed by atoms with Crippen LogP contribution in [0.25, 0.3) is 17.4 Å². The van der Waals surface area contributed by atoms with Gasteiger partial charge in [0, 0.05) is 56.9 Å². The average molecular weight is 426 g/mol. The van der Waals surface area contributed by atoms with Crippen LogP contribution in [0.15, 0.2) is 50.7 Å². The van der Waals surface area contributed by atoms with Crippen LogP contribution in [0.5, 0.6) is 0 Å². The molecule has 154 valence electrons. The monoisotopic (exact) mass is 426 g/mol. The van der Waals surface area contributed by atoms with Crippen molar-refractivity contribution in [3.05, 3.63) is 57.2 Å². The molecule has 30 heavy (non-hydrogen) atoms. The summed E-state index contributed by atoms with van der Waals surface area (Å²) in [4.78, 5) is 42.5. The van der Waals surface area contributed by atoms with Gasteiger partial charge in [0.2, 0.25) is 5.91 Å². The topological polar surface area (TPSA) is 109 Å². The number of rotatable bonds is 3. The first-order valence-corrected chi connectivity index (χ1v) is 10.1. The van der Waals surface area contributed by atoms with Crippen molar-refractivity contribution in [2.24, 2.45) is 4.99 Å². The summed E-state index contributed by atoms with van der Waals surface area (Å²) in [5.74, 6) is 0.775. The fraction of sp³-hybridized carbons (Fsp3) is 0.250. The molecule has 2 aromatic rings. The molecule has 0 bridgehead atoms. The molecular weight excluding hydrogens is 408 g/mol. The van der Waals surface area contributed by atoms with Gasteiger partial charge < -0.3 is 14.2 Å². The first-order valence-electron chi connectivity index (χ1n) is 9.28. The van der Waals surface area contributed by atoms with E-state index in [-0.39, 0.29) is 17.5 Å². The van der Waals surface area contributed by atoms with Crippen molar-refractivity contribution in [2.75, 3.05) is 26.2 Å². The van der Waals surface area contributed by atoms with Gasteiger partial charge >= 0.3 is 0 Å². The van der Waals surface area contributed by atoms with E-state index in [0.29, 0.717) is 53.3 Å². The van der Waals surface area contributed by atoms with Crippen LogP contribution in [0.4, 0.5) is 5.69 Å². The van der Waals surface area contributed by atoms with Gasteiger partial charge in [-0.2, -0.15) is 4.99 Å². The molecule has 4 rings (SSSR count). The van der Waals surface area contributed by atoms with Gasteiger partial charge in [-0.1, -0.05) is 0 Å². The molecule has 2 aliphatic heterocycles. The number of carbonyl (C=O) groups excluding carboxylic acids is 2. The molecular formula is C20H18N4O5S. The number of nitrogens with zero attached hydrogens (tertiary/aromatic N) is 4.